The minimum atomic E-state index is -1.92. The first-order valence-corrected chi connectivity index (χ1v) is 6.47. The molecule has 0 aliphatic heterocycles. The first kappa shape index (κ1) is 13.5. The van der Waals surface area contributed by atoms with E-state index < -0.39 is 11.6 Å². The minimum absolute atomic E-state index is 0.330. The Labute approximate surface area is 120 Å². The number of ether oxygens (including phenoxy) is 1. The van der Waals surface area contributed by atoms with Crippen LogP contribution in [0.25, 0.3) is 21.9 Å². The van der Waals surface area contributed by atoms with Gasteiger partial charge in [0.15, 0.2) is 5.60 Å². The number of aliphatic carboxylic acids is 1. The quantitative estimate of drug-likeness (QED) is 0.771. The van der Waals surface area contributed by atoms with Crippen molar-refractivity contribution < 1.29 is 24.2 Å². The molecule has 1 aromatic heterocycles. The number of furan rings is 1. The van der Waals surface area contributed by atoms with Gasteiger partial charge < -0.3 is 19.4 Å². The summed E-state index contributed by atoms with van der Waals surface area (Å²) in [6.45, 7) is 0.866. The van der Waals surface area contributed by atoms with E-state index in [-0.39, 0.29) is 6.61 Å². The lowest BCUT2D eigenvalue weighted by molar-refractivity contribution is -0.159. The van der Waals surface area contributed by atoms with Crippen LogP contribution >= 0.6 is 0 Å². The molecule has 0 saturated carbocycles. The van der Waals surface area contributed by atoms with E-state index in [0.717, 1.165) is 21.9 Å². The number of hydrogen-bond donors (Lipinski definition) is 2. The number of rotatable bonds is 4. The fourth-order valence-corrected chi connectivity index (χ4v) is 2.08. The highest BCUT2D eigenvalue weighted by atomic mass is 16.5. The molecule has 2 N–H and O–H groups in total. The van der Waals surface area contributed by atoms with Gasteiger partial charge in [-0.2, -0.15) is 0 Å². The highest BCUT2D eigenvalue weighted by molar-refractivity contribution is 6.05. The van der Waals surface area contributed by atoms with Crippen molar-refractivity contribution in [3.05, 3.63) is 42.5 Å². The molecule has 5 nitrogen and oxygen atoms in total. The number of fused-ring (bicyclic) bond motifs is 3. The predicted molar refractivity (Wildman–Crippen MR) is 77.5 cm³/mol. The number of carboxylic acids is 1. The van der Waals surface area contributed by atoms with E-state index in [9.17, 15) is 9.90 Å². The van der Waals surface area contributed by atoms with Gasteiger partial charge in [0.05, 0.1) is 0 Å². The Balaban J connectivity index is 1.94. The van der Waals surface area contributed by atoms with Crippen molar-refractivity contribution in [3.63, 3.8) is 0 Å². The van der Waals surface area contributed by atoms with Crippen molar-refractivity contribution >= 4 is 27.9 Å². The molecule has 21 heavy (non-hydrogen) atoms. The van der Waals surface area contributed by atoms with Crippen molar-refractivity contribution in [1.29, 1.82) is 0 Å². The predicted octanol–water partition coefficient (Wildman–Crippen LogP) is 2.80. The summed E-state index contributed by atoms with van der Waals surface area (Å²) >= 11 is 0. The van der Waals surface area contributed by atoms with Gasteiger partial charge in [0.25, 0.3) is 0 Å². The lowest BCUT2D eigenvalue weighted by Crippen LogP contribution is -2.41. The topological polar surface area (TPSA) is 79.9 Å². The third kappa shape index (κ3) is 2.43. The Kier molecular flexibility index (Phi) is 3.07. The van der Waals surface area contributed by atoms with Gasteiger partial charge in [0.2, 0.25) is 0 Å². The number of hydrogen-bond acceptors (Lipinski definition) is 4. The van der Waals surface area contributed by atoms with Gasteiger partial charge in [-0.1, -0.05) is 18.2 Å². The van der Waals surface area contributed by atoms with Crippen molar-refractivity contribution in [2.75, 3.05) is 6.61 Å². The van der Waals surface area contributed by atoms with E-state index in [1.165, 1.54) is 6.92 Å². The summed E-state index contributed by atoms with van der Waals surface area (Å²) < 4.78 is 11.1. The van der Waals surface area contributed by atoms with Crippen molar-refractivity contribution in [3.8, 4) is 5.75 Å². The van der Waals surface area contributed by atoms with Gasteiger partial charge in [-0.05, 0) is 31.2 Å². The van der Waals surface area contributed by atoms with Crippen LogP contribution in [-0.4, -0.2) is 28.4 Å². The normalized spacial score (nSPS) is 14.2. The van der Waals surface area contributed by atoms with Gasteiger partial charge >= 0.3 is 5.97 Å². The maximum absolute atomic E-state index is 10.8. The largest absolute Gasteiger partial charge is 0.490 e. The summed E-state index contributed by atoms with van der Waals surface area (Å²) in [5, 5.41) is 20.4. The maximum atomic E-state index is 10.8. The van der Waals surface area contributed by atoms with E-state index in [0.29, 0.717) is 5.75 Å². The van der Waals surface area contributed by atoms with Crippen LogP contribution in [0, 0.1) is 0 Å². The molecular weight excluding hydrogens is 272 g/mol. The number of benzene rings is 2. The average Bonchev–Trinajstić information content (AvgIpc) is 2.83. The molecule has 1 heterocycles. The first-order chi connectivity index (χ1) is 9.97. The number of para-hydroxylation sites is 1. The molecule has 0 fully saturated rings. The zero-order valence-corrected chi connectivity index (χ0v) is 11.4. The van der Waals surface area contributed by atoms with Crippen LogP contribution in [0.15, 0.2) is 46.9 Å². The van der Waals surface area contributed by atoms with Crippen LogP contribution < -0.4 is 4.74 Å². The average molecular weight is 286 g/mol. The summed E-state index contributed by atoms with van der Waals surface area (Å²) in [6, 6.07) is 12.9. The Morgan fingerprint density at radius 2 is 1.90 bits per heavy atom. The second-order valence-corrected chi connectivity index (χ2v) is 5.12. The minimum Gasteiger partial charge on any atom is -0.490 e. The molecular formula is C16H14O5. The highest BCUT2D eigenvalue weighted by Gasteiger charge is 2.31. The van der Waals surface area contributed by atoms with Gasteiger partial charge in [0, 0.05) is 10.8 Å². The summed E-state index contributed by atoms with van der Waals surface area (Å²) in [5.74, 6) is -0.840. The molecule has 0 amide bonds. The van der Waals surface area contributed by atoms with E-state index in [1.54, 1.807) is 18.2 Å². The second kappa shape index (κ2) is 4.79. The fraction of sp³-hybridized carbons (Fsp3) is 0.188. The third-order valence-electron chi connectivity index (χ3n) is 3.33. The molecule has 1 unspecified atom stereocenters. The highest BCUT2D eigenvalue weighted by Crippen LogP contribution is 2.31. The fourth-order valence-electron chi connectivity index (χ4n) is 2.08. The molecule has 1 atom stereocenters. The number of aliphatic hydroxyl groups is 1. The van der Waals surface area contributed by atoms with Crippen molar-refractivity contribution in [1.82, 2.24) is 0 Å². The van der Waals surface area contributed by atoms with E-state index in [1.807, 2.05) is 24.3 Å². The SMILES string of the molecule is CC(O)(COc1ccc2oc3ccccc3c2c1)C(=O)O. The molecule has 0 bridgehead atoms. The lowest BCUT2D eigenvalue weighted by atomic mass is 10.1. The number of carbonyl (C=O) groups is 1. The maximum Gasteiger partial charge on any atom is 0.339 e. The van der Waals surface area contributed by atoms with Crippen molar-refractivity contribution in [2.24, 2.45) is 0 Å². The summed E-state index contributed by atoms with van der Waals surface area (Å²) in [4.78, 5) is 10.8. The molecule has 2 aromatic carbocycles. The van der Waals surface area contributed by atoms with Gasteiger partial charge in [0.1, 0.15) is 23.5 Å². The van der Waals surface area contributed by atoms with E-state index >= 15 is 0 Å². The molecule has 0 spiro atoms. The Hall–Kier alpha value is -2.53. The summed E-state index contributed by atoms with van der Waals surface area (Å²) in [5.41, 5.74) is -0.413. The van der Waals surface area contributed by atoms with E-state index in [4.69, 9.17) is 14.3 Å². The van der Waals surface area contributed by atoms with Crippen LogP contribution in [0.3, 0.4) is 0 Å². The Morgan fingerprint density at radius 1 is 1.19 bits per heavy atom. The Bertz CT molecular complexity index is 816. The molecule has 0 radical (unpaired) electrons. The van der Waals surface area contributed by atoms with Crippen LogP contribution in [-0.2, 0) is 4.79 Å². The van der Waals surface area contributed by atoms with Crippen LogP contribution in [0.2, 0.25) is 0 Å². The van der Waals surface area contributed by atoms with Crippen molar-refractivity contribution in [2.45, 2.75) is 12.5 Å². The zero-order chi connectivity index (χ0) is 15.0. The standard InChI is InChI=1S/C16H14O5/c1-16(19,15(17)18)9-20-10-6-7-14-12(8-10)11-4-2-3-5-13(11)21-14/h2-8,19H,9H2,1H3,(H,17,18). The molecule has 108 valence electrons. The van der Waals surface area contributed by atoms with Crippen LogP contribution in [0.1, 0.15) is 6.92 Å². The van der Waals surface area contributed by atoms with Gasteiger partial charge in [-0.25, -0.2) is 4.79 Å². The molecule has 0 aliphatic carbocycles. The lowest BCUT2D eigenvalue weighted by Gasteiger charge is -2.18. The van der Waals surface area contributed by atoms with Crippen LogP contribution in [0.5, 0.6) is 5.75 Å². The Morgan fingerprint density at radius 3 is 2.67 bits per heavy atom. The summed E-state index contributed by atoms with van der Waals surface area (Å²) in [7, 11) is 0. The van der Waals surface area contributed by atoms with Gasteiger partial charge in [-0.3, -0.25) is 0 Å². The molecule has 3 aromatic rings. The first-order valence-electron chi connectivity index (χ1n) is 6.47. The zero-order valence-electron chi connectivity index (χ0n) is 11.4. The van der Waals surface area contributed by atoms with Gasteiger partial charge in [-0.15, -0.1) is 0 Å². The number of carboxylic acid groups (broad SMARTS) is 1. The third-order valence-corrected chi connectivity index (χ3v) is 3.33. The second-order valence-electron chi connectivity index (χ2n) is 5.12. The molecule has 5 heteroatoms. The monoisotopic (exact) mass is 286 g/mol. The smallest absolute Gasteiger partial charge is 0.339 e. The molecule has 0 saturated heterocycles. The van der Waals surface area contributed by atoms with E-state index in [2.05, 4.69) is 0 Å². The molecule has 0 aliphatic rings. The van der Waals surface area contributed by atoms with Crippen LogP contribution in [0.4, 0.5) is 0 Å². The molecule has 3 rings (SSSR count). The summed E-state index contributed by atoms with van der Waals surface area (Å²) in [6.07, 6.45) is 0.